The molecular formula is C13H12N4S. The summed E-state index contributed by atoms with van der Waals surface area (Å²) in [5, 5.41) is 4.45. The molecule has 0 aliphatic rings. The van der Waals surface area contributed by atoms with Gasteiger partial charge in [-0.25, -0.2) is 15.0 Å². The van der Waals surface area contributed by atoms with E-state index < -0.39 is 0 Å². The van der Waals surface area contributed by atoms with E-state index in [-0.39, 0.29) is 0 Å². The summed E-state index contributed by atoms with van der Waals surface area (Å²) >= 11 is 1.73. The normalized spacial score (nSPS) is 10.9. The highest BCUT2D eigenvalue weighted by Crippen LogP contribution is 2.21. The first kappa shape index (κ1) is 11.3. The van der Waals surface area contributed by atoms with Crippen molar-refractivity contribution in [2.75, 3.05) is 0 Å². The molecule has 2 aromatic heterocycles. The number of hydrogen-bond acceptors (Lipinski definition) is 5. The third-order valence-electron chi connectivity index (χ3n) is 2.56. The maximum Gasteiger partial charge on any atom is 0.115 e. The monoisotopic (exact) mass is 256 g/mol. The van der Waals surface area contributed by atoms with Crippen molar-refractivity contribution < 1.29 is 0 Å². The summed E-state index contributed by atoms with van der Waals surface area (Å²) in [5.74, 6) is 0. The van der Waals surface area contributed by atoms with Crippen LogP contribution >= 0.6 is 11.3 Å². The average molecular weight is 256 g/mol. The SMILES string of the molecule is c1ccc2sc(CNCc3cncnc3)nc2c1. The highest BCUT2D eigenvalue weighted by molar-refractivity contribution is 7.18. The summed E-state index contributed by atoms with van der Waals surface area (Å²) in [6.07, 6.45) is 5.17. The van der Waals surface area contributed by atoms with E-state index in [0.29, 0.717) is 0 Å². The topological polar surface area (TPSA) is 50.7 Å². The second-order valence-electron chi connectivity index (χ2n) is 3.93. The maximum atomic E-state index is 4.57. The average Bonchev–Trinajstić information content (AvgIpc) is 2.82. The molecule has 0 aliphatic carbocycles. The molecule has 3 rings (SSSR count). The Bertz CT molecular complexity index is 603. The fraction of sp³-hybridized carbons (Fsp3) is 0.154. The smallest absolute Gasteiger partial charge is 0.115 e. The van der Waals surface area contributed by atoms with Gasteiger partial charge in [-0.3, -0.25) is 0 Å². The van der Waals surface area contributed by atoms with E-state index in [0.717, 1.165) is 29.2 Å². The van der Waals surface area contributed by atoms with Crippen molar-refractivity contribution in [3.05, 3.63) is 53.6 Å². The molecule has 5 heteroatoms. The number of nitrogens with one attached hydrogen (secondary N) is 1. The number of hydrogen-bond donors (Lipinski definition) is 1. The zero-order chi connectivity index (χ0) is 12.2. The van der Waals surface area contributed by atoms with Crippen LogP contribution < -0.4 is 5.32 Å². The Morgan fingerprint density at radius 1 is 1.06 bits per heavy atom. The van der Waals surface area contributed by atoms with E-state index in [9.17, 15) is 0 Å². The Hall–Kier alpha value is -1.85. The van der Waals surface area contributed by atoms with Crippen molar-refractivity contribution in [3.63, 3.8) is 0 Å². The molecular weight excluding hydrogens is 244 g/mol. The van der Waals surface area contributed by atoms with Crippen LogP contribution in [0.5, 0.6) is 0 Å². The van der Waals surface area contributed by atoms with Crippen molar-refractivity contribution in [3.8, 4) is 0 Å². The minimum atomic E-state index is 0.761. The van der Waals surface area contributed by atoms with Gasteiger partial charge in [-0.2, -0.15) is 0 Å². The maximum absolute atomic E-state index is 4.57. The Labute approximate surface area is 109 Å². The van der Waals surface area contributed by atoms with Crippen LogP contribution in [0.4, 0.5) is 0 Å². The second kappa shape index (κ2) is 5.20. The molecule has 1 aromatic carbocycles. The molecule has 0 bridgehead atoms. The molecule has 0 spiro atoms. The Kier molecular flexibility index (Phi) is 3.25. The van der Waals surface area contributed by atoms with Gasteiger partial charge in [0.15, 0.2) is 0 Å². The molecule has 0 aliphatic heterocycles. The van der Waals surface area contributed by atoms with E-state index in [2.05, 4.69) is 26.3 Å². The van der Waals surface area contributed by atoms with Crippen molar-refractivity contribution in [1.82, 2.24) is 20.3 Å². The summed E-state index contributed by atoms with van der Waals surface area (Å²) in [5.41, 5.74) is 2.15. The molecule has 3 aromatic rings. The number of thiazole rings is 1. The molecule has 0 saturated carbocycles. The lowest BCUT2D eigenvalue weighted by molar-refractivity contribution is 0.686. The van der Waals surface area contributed by atoms with Crippen LogP contribution in [0.1, 0.15) is 10.6 Å². The largest absolute Gasteiger partial charge is 0.306 e. The zero-order valence-corrected chi connectivity index (χ0v) is 10.5. The molecule has 0 amide bonds. The number of aromatic nitrogens is 3. The predicted octanol–water partition coefficient (Wildman–Crippen LogP) is 2.38. The molecule has 0 saturated heterocycles. The first-order valence-corrected chi connectivity index (χ1v) is 6.52. The van der Waals surface area contributed by atoms with E-state index in [4.69, 9.17) is 0 Å². The fourth-order valence-electron chi connectivity index (χ4n) is 1.73. The van der Waals surface area contributed by atoms with Crippen LogP contribution in [0, 0.1) is 0 Å². The van der Waals surface area contributed by atoms with Crippen LogP contribution in [0.2, 0.25) is 0 Å². The number of para-hydroxylation sites is 1. The summed E-state index contributed by atoms with van der Waals surface area (Å²) in [4.78, 5) is 12.5. The fourth-order valence-corrected chi connectivity index (χ4v) is 2.67. The molecule has 1 N–H and O–H groups in total. The van der Waals surface area contributed by atoms with Crippen molar-refractivity contribution in [2.24, 2.45) is 0 Å². The van der Waals surface area contributed by atoms with Crippen molar-refractivity contribution in [1.29, 1.82) is 0 Å². The first-order chi connectivity index (χ1) is 8.92. The van der Waals surface area contributed by atoms with Crippen molar-refractivity contribution >= 4 is 21.6 Å². The van der Waals surface area contributed by atoms with E-state index in [1.165, 1.54) is 11.0 Å². The van der Waals surface area contributed by atoms with Gasteiger partial charge >= 0.3 is 0 Å². The number of fused-ring (bicyclic) bond motifs is 1. The van der Waals surface area contributed by atoms with Gasteiger partial charge in [0.2, 0.25) is 0 Å². The van der Waals surface area contributed by atoms with Gasteiger partial charge in [0, 0.05) is 31.0 Å². The Balaban J connectivity index is 1.63. The summed E-state index contributed by atoms with van der Waals surface area (Å²) in [6.45, 7) is 1.53. The molecule has 4 nitrogen and oxygen atoms in total. The lowest BCUT2D eigenvalue weighted by Crippen LogP contribution is -2.12. The van der Waals surface area contributed by atoms with Gasteiger partial charge in [-0.05, 0) is 12.1 Å². The van der Waals surface area contributed by atoms with Crippen LogP contribution in [-0.2, 0) is 13.1 Å². The molecule has 0 atom stereocenters. The standard InChI is InChI=1S/C13H12N4S/c1-2-4-12-11(3-1)17-13(18-12)8-14-5-10-6-15-9-16-7-10/h1-4,6-7,9,14H,5,8H2. The number of nitrogens with zero attached hydrogens (tertiary/aromatic N) is 3. The molecule has 0 fully saturated rings. The van der Waals surface area contributed by atoms with Gasteiger partial charge in [0.1, 0.15) is 11.3 Å². The van der Waals surface area contributed by atoms with Crippen LogP contribution in [0.15, 0.2) is 43.0 Å². The van der Waals surface area contributed by atoms with Gasteiger partial charge < -0.3 is 5.32 Å². The first-order valence-electron chi connectivity index (χ1n) is 5.71. The quantitative estimate of drug-likeness (QED) is 0.778. The highest BCUT2D eigenvalue weighted by atomic mass is 32.1. The van der Waals surface area contributed by atoms with Gasteiger partial charge in [0.25, 0.3) is 0 Å². The van der Waals surface area contributed by atoms with Gasteiger partial charge in [-0.15, -0.1) is 11.3 Å². The third kappa shape index (κ3) is 2.52. The molecule has 0 unspecified atom stereocenters. The van der Waals surface area contributed by atoms with Crippen molar-refractivity contribution in [2.45, 2.75) is 13.1 Å². The van der Waals surface area contributed by atoms with E-state index >= 15 is 0 Å². The minimum Gasteiger partial charge on any atom is -0.306 e. The highest BCUT2D eigenvalue weighted by Gasteiger charge is 2.02. The summed E-state index contributed by atoms with van der Waals surface area (Å²) in [7, 11) is 0. The summed E-state index contributed by atoms with van der Waals surface area (Å²) < 4.78 is 1.23. The summed E-state index contributed by atoms with van der Waals surface area (Å²) in [6, 6.07) is 8.20. The van der Waals surface area contributed by atoms with E-state index in [1.807, 2.05) is 30.6 Å². The van der Waals surface area contributed by atoms with Crippen LogP contribution in [0.3, 0.4) is 0 Å². The zero-order valence-electron chi connectivity index (χ0n) is 9.71. The lowest BCUT2D eigenvalue weighted by Gasteiger charge is -2.00. The minimum absolute atomic E-state index is 0.761. The molecule has 2 heterocycles. The van der Waals surface area contributed by atoms with Crippen LogP contribution in [-0.4, -0.2) is 15.0 Å². The second-order valence-corrected chi connectivity index (χ2v) is 5.04. The Morgan fingerprint density at radius 3 is 2.72 bits per heavy atom. The lowest BCUT2D eigenvalue weighted by atomic mass is 10.3. The molecule has 90 valence electrons. The van der Waals surface area contributed by atoms with Crippen LogP contribution in [0.25, 0.3) is 10.2 Å². The van der Waals surface area contributed by atoms with Gasteiger partial charge in [-0.1, -0.05) is 12.1 Å². The van der Waals surface area contributed by atoms with E-state index in [1.54, 1.807) is 11.3 Å². The predicted molar refractivity (Wildman–Crippen MR) is 72.2 cm³/mol. The molecule has 18 heavy (non-hydrogen) atoms. The van der Waals surface area contributed by atoms with Gasteiger partial charge in [0.05, 0.1) is 10.2 Å². The third-order valence-corrected chi connectivity index (χ3v) is 3.59. The number of benzene rings is 1. The molecule has 0 radical (unpaired) electrons. The number of rotatable bonds is 4. The Morgan fingerprint density at radius 2 is 1.89 bits per heavy atom.